The fraction of sp³-hybridized carbons (Fsp3) is 0.143. The summed E-state index contributed by atoms with van der Waals surface area (Å²) in [5.41, 5.74) is 6.40. The van der Waals surface area contributed by atoms with Crippen LogP contribution in [0.2, 0.25) is 5.02 Å². The molecule has 0 spiro atoms. The van der Waals surface area contributed by atoms with Gasteiger partial charge in [-0.25, -0.2) is 4.39 Å². The largest absolute Gasteiger partial charge is 0.452 e. The van der Waals surface area contributed by atoms with Crippen LogP contribution in [0.3, 0.4) is 0 Å². The zero-order chi connectivity index (χ0) is 13.1. The van der Waals surface area contributed by atoms with E-state index in [1.54, 1.807) is 43.3 Å². The standard InChI is InChI=1S/C14H13ClFNO/c1-9(17)10-5-4-7-12(16)14(10)18-13-8-3-2-6-11(13)15/h2-9H,17H2,1H3. The molecule has 0 saturated heterocycles. The number of hydrogen-bond donors (Lipinski definition) is 1. The predicted octanol–water partition coefficient (Wildman–Crippen LogP) is 4.29. The van der Waals surface area contributed by atoms with Crippen molar-refractivity contribution in [1.82, 2.24) is 0 Å². The minimum atomic E-state index is -0.454. The van der Waals surface area contributed by atoms with Gasteiger partial charge in [-0.1, -0.05) is 35.9 Å². The molecular formula is C14H13ClFNO. The van der Waals surface area contributed by atoms with Crippen LogP contribution in [-0.4, -0.2) is 0 Å². The van der Waals surface area contributed by atoms with Gasteiger partial charge in [-0.3, -0.25) is 0 Å². The van der Waals surface area contributed by atoms with E-state index in [1.165, 1.54) is 6.07 Å². The molecule has 2 aromatic rings. The summed E-state index contributed by atoms with van der Waals surface area (Å²) in [6.07, 6.45) is 0. The first kappa shape index (κ1) is 12.9. The Hall–Kier alpha value is -1.58. The summed E-state index contributed by atoms with van der Waals surface area (Å²) in [4.78, 5) is 0. The smallest absolute Gasteiger partial charge is 0.167 e. The molecule has 0 amide bonds. The molecule has 0 radical (unpaired) electrons. The molecule has 2 nitrogen and oxygen atoms in total. The summed E-state index contributed by atoms with van der Waals surface area (Å²) in [7, 11) is 0. The monoisotopic (exact) mass is 265 g/mol. The number of para-hydroxylation sites is 2. The molecule has 1 unspecified atom stereocenters. The van der Waals surface area contributed by atoms with E-state index >= 15 is 0 Å². The van der Waals surface area contributed by atoms with Gasteiger partial charge in [-0.2, -0.15) is 0 Å². The number of rotatable bonds is 3. The molecule has 0 bridgehead atoms. The Morgan fingerprint density at radius 1 is 1.17 bits per heavy atom. The Morgan fingerprint density at radius 3 is 2.56 bits per heavy atom. The van der Waals surface area contributed by atoms with Crippen LogP contribution < -0.4 is 10.5 Å². The van der Waals surface area contributed by atoms with Gasteiger partial charge in [0.05, 0.1) is 5.02 Å². The van der Waals surface area contributed by atoms with Gasteiger partial charge in [-0.15, -0.1) is 0 Å². The van der Waals surface area contributed by atoms with Gasteiger partial charge in [0.15, 0.2) is 11.6 Å². The van der Waals surface area contributed by atoms with Crippen LogP contribution in [0, 0.1) is 5.82 Å². The summed E-state index contributed by atoms with van der Waals surface area (Å²) < 4.78 is 19.3. The number of hydrogen-bond acceptors (Lipinski definition) is 2. The molecule has 0 aromatic heterocycles. The Balaban J connectivity index is 2.43. The summed E-state index contributed by atoms with van der Waals surface area (Å²) in [5.74, 6) is 0.0801. The molecule has 2 N–H and O–H groups in total. The summed E-state index contributed by atoms with van der Waals surface area (Å²) in [6, 6.07) is 11.3. The lowest BCUT2D eigenvalue weighted by Gasteiger charge is -2.15. The zero-order valence-corrected chi connectivity index (χ0v) is 10.6. The lowest BCUT2D eigenvalue weighted by molar-refractivity contribution is 0.433. The van der Waals surface area contributed by atoms with Crippen LogP contribution in [0.25, 0.3) is 0 Å². The second-order valence-electron chi connectivity index (χ2n) is 3.98. The third-order valence-corrected chi connectivity index (χ3v) is 2.85. The van der Waals surface area contributed by atoms with E-state index in [4.69, 9.17) is 22.1 Å². The van der Waals surface area contributed by atoms with Gasteiger partial charge >= 0.3 is 0 Å². The average Bonchev–Trinajstić information content (AvgIpc) is 2.34. The van der Waals surface area contributed by atoms with Crippen molar-refractivity contribution in [2.45, 2.75) is 13.0 Å². The van der Waals surface area contributed by atoms with Crippen LogP contribution in [0.1, 0.15) is 18.5 Å². The van der Waals surface area contributed by atoms with E-state index in [-0.39, 0.29) is 11.8 Å². The average molecular weight is 266 g/mol. The van der Waals surface area contributed by atoms with Crippen LogP contribution in [-0.2, 0) is 0 Å². The maximum atomic E-state index is 13.8. The molecule has 0 heterocycles. The molecular weight excluding hydrogens is 253 g/mol. The molecule has 0 fully saturated rings. The van der Waals surface area contributed by atoms with Crippen molar-refractivity contribution in [3.63, 3.8) is 0 Å². The van der Waals surface area contributed by atoms with Crippen molar-refractivity contribution in [3.05, 3.63) is 58.9 Å². The fourth-order valence-electron chi connectivity index (χ4n) is 1.63. The third-order valence-electron chi connectivity index (χ3n) is 2.54. The first-order valence-electron chi connectivity index (χ1n) is 5.56. The van der Waals surface area contributed by atoms with Gasteiger partial charge in [0, 0.05) is 11.6 Å². The van der Waals surface area contributed by atoms with Crippen molar-refractivity contribution < 1.29 is 9.13 Å². The van der Waals surface area contributed by atoms with Crippen molar-refractivity contribution >= 4 is 11.6 Å². The second-order valence-corrected chi connectivity index (χ2v) is 4.39. The van der Waals surface area contributed by atoms with E-state index in [2.05, 4.69) is 0 Å². The number of nitrogens with two attached hydrogens (primary N) is 1. The highest BCUT2D eigenvalue weighted by molar-refractivity contribution is 6.32. The molecule has 0 aliphatic rings. The van der Waals surface area contributed by atoms with Crippen molar-refractivity contribution in [1.29, 1.82) is 0 Å². The molecule has 0 aliphatic carbocycles. The molecule has 2 rings (SSSR count). The lowest BCUT2D eigenvalue weighted by Crippen LogP contribution is -2.07. The van der Waals surface area contributed by atoms with E-state index in [1.807, 2.05) is 0 Å². The van der Waals surface area contributed by atoms with E-state index in [0.717, 1.165) is 0 Å². The Kier molecular flexibility index (Phi) is 3.84. The van der Waals surface area contributed by atoms with Gasteiger partial charge in [0.2, 0.25) is 0 Å². The van der Waals surface area contributed by atoms with Crippen LogP contribution >= 0.6 is 11.6 Å². The van der Waals surface area contributed by atoms with Gasteiger partial charge in [0.1, 0.15) is 5.75 Å². The predicted molar refractivity (Wildman–Crippen MR) is 70.5 cm³/mol. The number of halogens is 2. The molecule has 2 aromatic carbocycles. The van der Waals surface area contributed by atoms with Gasteiger partial charge < -0.3 is 10.5 Å². The van der Waals surface area contributed by atoms with Crippen LogP contribution in [0.4, 0.5) is 4.39 Å². The first-order chi connectivity index (χ1) is 8.59. The maximum Gasteiger partial charge on any atom is 0.167 e. The van der Waals surface area contributed by atoms with E-state index in [9.17, 15) is 4.39 Å². The van der Waals surface area contributed by atoms with E-state index in [0.29, 0.717) is 16.3 Å². The molecule has 4 heteroatoms. The summed E-state index contributed by atoms with van der Waals surface area (Å²) in [5, 5.41) is 0.427. The van der Waals surface area contributed by atoms with Crippen molar-refractivity contribution in [2.24, 2.45) is 5.73 Å². The molecule has 94 valence electrons. The molecule has 0 aliphatic heterocycles. The van der Waals surface area contributed by atoms with Gasteiger partial charge in [0.25, 0.3) is 0 Å². The highest BCUT2D eigenvalue weighted by Gasteiger charge is 2.14. The Labute approximate surface area is 110 Å². The topological polar surface area (TPSA) is 35.2 Å². The quantitative estimate of drug-likeness (QED) is 0.898. The lowest BCUT2D eigenvalue weighted by atomic mass is 10.1. The summed E-state index contributed by atoms with van der Waals surface area (Å²) in [6.45, 7) is 1.77. The Bertz CT molecular complexity index is 557. The maximum absolute atomic E-state index is 13.8. The van der Waals surface area contributed by atoms with E-state index < -0.39 is 5.82 Å². The molecule has 18 heavy (non-hydrogen) atoms. The highest BCUT2D eigenvalue weighted by atomic mass is 35.5. The zero-order valence-electron chi connectivity index (χ0n) is 9.86. The highest BCUT2D eigenvalue weighted by Crippen LogP contribution is 2.34. The minimum Gasteiger partial charge on any atom is -0.452 e. The first-order valence-corrected chi connectivity index (χ1v) is 5.93. The van der Waals surface area contributed by atoms with Crippen LogP contribution in [0.5, 0.6) is 11.5 Å². The second kappa shape index (κ2) is 5.38. The van der Waals surface area contributed by atoms with Crippen molar-refractivity contribution in [2.75, 3.05) is 0 Å². The summed E-state index contributed by atoms with van der Waals surface area (Å²) >= 11 is 5.98. The fourth-order valence-corrected chi connectivity index (χ4v) is 1.80. The molecule has 0 saturated carbocycles. The molecule has 1 atom stereocenters. The normalized spacial score (nSPS) is 12.2. The minimum absolute atomic E-state index is 0.126. The third kappa shape index (κ3) is 2.63. The van der Waals surface area contributed by atoms with Crippen LogP contribution in [0.15, 0.2) is 42.5 Å². The Morgan fingerprint density at radius 2 is 1.89 bits per heavy atom. The number of ether oxygens (including phenoxy) is 1. The van der Waals surface area contributed by atoms with Gasteiger partial charge in [-0.05, 0) is 25.1 Å². The SMILES string of the molecule is CC(N)c1cccc(F)c1Oc1ccccc1Cl. The number of benzene rings is 2. The van der Waals surface area contributed by atoms with Crippen molar-refractivity contribution in [3.8, 4) is 11.5 Å².